The number of fused-ring (bicyclic) bond motifs is 1. The number of rotatable bonds is 1. The lowest BCUT2D eigenvalue weighted by Gasteiger charge is -2.43. The fourth-order valence-corrected chi connectivity index (χ4v) is 2.97. The maximum atomic E-state index is 2.43. The Morgan fingerprint density at radius 1 is 1.06 bits per heavy atom. The molecule has 1 aromatic rings. The number of aryl methyl sites for hydroxylation is 1. The molecule has 0 radical (unpaired) electrons. The maximum absolute atomic E-state index is 2.43. The molecule has 0 aromatic heterocycles. The molecule has 1 unspecified atom stereocenters. The molecule has 1 atom stereocenters. The predicted molar refractivity (Wildman–Crippen MR) is 71.1 cm³/mol. The summed E-state index contributed by atoms with van der Waals surface area (Å²) in [6, 6.07) is 7.04. The minimum atomic E-state index is 0.359. The molecule has 0 saturated carbocycles. The van der Waals surface area contributed by atoms with Gasteiger partial charge < -0.3 is 0 Å². The maximum Gasteiger partial charge on any atom is -0.00745 e. The fraction of sp³-hybridized carbons (Fsp3) is 0.625. The van der Waals surface area contributed by atoms with Gasteiger partial charge in [-0.25, -0.2) is 0 Å². The van der Waals surface area contributed by atoms with Gasteiger partial charge in [0.25, 0.3) is 0 Å². The van der Waals surface area contributed by atoms with Crippen LogP contribution in [0.25, 0.3) is 0 Å². The molecule has 1 aromatic carbocycles. The van der Waals surface area contributed by atoms with Crippen molar-refractivity contribution >= 4 is 0 Å². The first-order valence-corrected chi connectivity index (χ1v) is 6.51. The molecule has 0 heterocycles. The molecule has 0 N–H and O–H groups in total. The van der Waals surface area contributed by atoms with E-state index in [1.54, 1.807) is 11.1 Å². The van der Waals surface area contributed by atoms with Gasteiger partial charge in [-0.1, -0.05) is 51.5 Å². The van der Waals surface area contributed by atoms with Gasteiger partial charge in [0.15, 0.2) is 0 Å². The smallest absolute Gasteiger partial charge is 0.00745 e. The highest BCUT2D eigenvalue weighted by Crippen LogP contribution is 2.47. The molecule has 0 bridgehead atoms. The monoisotopic (exact) mass is 216 g/mol. The molecule has 0 aliphatic heterocycles. The Morgan fingerprint density at radius 3 is 2.38 bits per heavy atom. The zero-order valence-corrected chi connectivity index (χ0v) is 11.4. The lowest BCUT2D eigenvalue weighted by molar-refractivity contribution is 0.304. The molecule has 0 fully saturated rings. The Hall–Kier alpha value is -0.780. The SMILES string of the molecule is CCC1(C)CCC(C)(C)c2ccc(C)cc21. The highest BCUT2D eigenvalue weighted by atomic mass is 14.4. The summed E-state index contributed by atoms with van der Waals surface area (Å²) < 4.78 is 0. The van der Waals surface area contributed by atoms with E-state index in [1.165, 1.54) is 24.8 Å². The Labute approximate surface area is 100 Å². The van der Waals surface area contributed by atoms with Gasteiger partial charge in [-0.2, -0.15) is 0 Å². The second-order valence-corrected chi connectivity index (χ2v) is 6.35. The van der Waals surface area contributed by atoms with Gasteiger partial charge in [0, 0.05) is 0 Å². The number of hydrogen-bond donors (Lipinski definition) is 0. The van der Waals surface area contributed by atoms with Gasteiger partial charge in [-0.05, 0) is 48.1 Å². The van der Waals surface area contributed by atoms with Crippen LogP contribution < -0.4 is 0 Å². The lowest BCUT2D eigenvalue weighted by Crippen LogP contribution is -2.35. The minimum Gasteiger partial charge on any atom is -0.0645 e. The summed E-state index contributed by atoms with van der Waals surface area (Å²) in [7, 11) is 0. The van der Waals surface area contributed by atoms with Gasteiger partial charge in [0.2, 0.25) is 0 Å². The summed E-state index contributed by atoms with van der Waals surface area (Å²) >= 11 is 0. The summed E-state index contributed by atoms with van der Waals surface area (Å²) in [6.07, 6.45) is 3.89. The first-order chi connectivity index (χ1) is 7.39. The van der Waals surface area contributed by atoms with E-state index in [1.807, 2.05) is 0 Å². The predicted octanol–water partition coefficient (Wildman–Crippen LogP) is 4.73. The molecule has 0 amide bonds. The quantitative estimate of drug-likeness (QED) is 0.636. The molecule has 88 valence electrons. The number of hydrogen-bond acceptors (Lipinski definition) is 0. The third-order valence-electron chi connectivity index (χ3n) is 4.64. The van der Waals surface area contributed by atoms with Crippen LogP contribution in [0.5, 0.6) is 0 Å². The summed E-state index contributed by atoms with van der Waals surface area (Å²) in [4.78, 5) is 0. The van der Waals surface area contributed by atoms with E-state index < -0.39 is 0 Å². The van der Waals surface area contributed by atoms with Crippen molar-refractivity contribution in [3.05, 3.63) is 34.9 Å². The van der Waals surface area contributed by atoms with E-state index >= 15 is 0 Å². The average Bonchev–Trinajstić information content (AvgIpc) is 2.24. The van der Waals surface area contributed by atoms with Crippen LogP contribution in [0, 0.1) is 6.92 Å². The van der Waals surface area contributed by atoms with Crippen LogP contribution in [-0.2, 0) is 10.8 Å². The van der Waals surface area contributed by atoms with Gasteiger partial charge in [0.1, 0.15) is 0 Å². The molecule has 0 saturated heterocycles. The van der Waals surface area contributed by atoms with E-state index in [2.05, 4.69) is 52.8 Å². The zero-order chi connectivity index (χ0) is 12.0. The van der Waals surface area contributed by atoms with Crippen molar-refractivity contribution in [1.82, 2.24) is 0 Å². The van der Waals surface area contributed by atoms with Crippen molar-refractivity contribution in [1.29, 1.82) is 0 Å². The van der Waals surface area contributed by atoms with Gasteiger partial charge in [0.05, 0.1) is 0 Å². The van der Waals surface area contributed by atoms with Gasteiger partial charge >= 0.3 is 0 Å². The average molecular weight is 216 g/mol. The van der Waals surface area contributed by atoms with Crippen molar-refractivity contribution in [3.8, 4) is 0 Å². The fourth-order valence-electron chi connectivity index (χ4n) is 2.97. The van der Waals surface area contributed by atoms with Crippen LogP contribution in [0.15, 0.2) is 18.2 Å². The van der Waals surface area contributed by atoms with Crippen molar-refractivity contribution in [2.24, 2.45) is 0 Å². The third-order valence-corrected chi connectivity index (χ3v) is 4.64. The van der Waals surface area contributed by atoms with Crippen molar-refractivity contribution in [2.75, 3.05) is 0 Å². The molecule has 1 aliphatic rings. The van der Waals surface area contributed by atoms with E-state index in [4.69, 9.17) is 0 Å². The van der Waals surface area contributed by atoms with Crippen LogP contribution in [0.4, 0.5) is 0 Å². The second kappa shape index (κ2) is 3.61. The number of benzene rings is 1. The van der Waals surface area contributed by atoms with E-state index in [-0.39, 0.29) is 0 Å². The van der Waals surface area contributed by atoms with E-state index in [9.17, 15) is 0 Å². The zero-order valence-electron chi connectivity index (χ0n) is 11.4. The van der Waals surface area contributed by atoms with Crippen molar-refractivity contribution < 1.29 is 0 Å². The Balaban J connectivity index is 2.63. The standard InChI is InChI=1S/C16H24/c1-6-16(5)10-9-15(3,4)13-8-7-12(2)11-14(13)16/h7-8,11H,6,9-10H2,1-5H3. The second-order valence-electron chi connectivity index (χ2n) is 6.35. The summed E-state index contributed by atoms with van der Waals surface area (Å²) in [5, 5.41) is 0. The Bertz CT molecular complexity index is 400. The van der Waals surface area contributed by atoms with Gasteiger partial charge in [-0.3, -0.25) is 0 Å². The summed E-state index contributed by atoms with van der Waals surface area (Å²) in [5.74, 6) is 0. The molecule has 2 rings (SSSR count). The van der Waals surface area contributed by atoms with E-state index in [0.717, 1.165) is 0 Å². The van der Waals surface area contributed by atoms with Gasteiger partial charge in [-0.15, -0.1) is 0 Å². The largest absolute Gasteiger partial charge is 0.0645 e. The molecule has 0 spiro atoms. The highest BCUT2D eigenvalue weighted by molar-refractivity contribution is 5.43. The topological polar surface area (TPSA) is 0 Å². The van der Waals surface area contributed by atoms with Crippen LogP contribution in [0.3, 0.4) is 0 Å². The molecular formula is C16H24. The van der Waals surface area contributed by atoms with Crippen LogP contribution >= 0.6 is 0 Å². The first-order valence-electron chi connectivity index (χ1n) is 6.51. The van der Waals surface area contributed by atoms with Crippen molar-refractivity contribution in [3.63, 3.8) is 0 Å². The molecular weight excluding hydrogens is 192 g/mol. The summed E-state index contributed by atoms with van der Waals surface area (Å²) in [6.45, 7) is 11.7. The lowest BCUT2D eigenvalue weighted by atomic mass is 9.61. The third kappa shape index (κ3) is 1.69. The normalized spacial score (nSPS) is 27.6. The Morgan fingerprint density at radius 2 is 1.75 bits per heavy atom. The van der Waals surface area contributed by atoms with Crippen LogP contribution in [0.1, 0.15) is 63.6 Å². The van der Waals surface area contributed by atoms with Crippen molar-refractivity contribution in [2.45, 2.75) is 64.7 Å². The molecule has 16 heavy (non-hydrogen) atoms. The Kier molecular flexibility index (Phi) is 2.64. The summed E-state index contributed by atoms with van der Waals surface area (Å²) in [5.41, 5.74) is 5.34. The molecule has 0 heteroatoms. The van der Waals surface area contributed by atoms with Crippen LogP contribution in [-0.4, -0.2) is 0 Å². The molecule has 1 aliphatic carbocycles. The minimum absolute atomic E-state index is 0.359. The van der Waals surface area contributed by atoms with Crippen LogP contribution in [0.2, 0.25) is 0 Å². The first kappa shape index (κ1) is 11.7. The highest BCUT2D eigenvalue weighted by Gasteiger charge is 2.38. The van der Waals surface area contributed by atoms with E-state index in [0.29, 0.717) is 10.8 Å². The molecule has 0 nitrogen and oxygen atoms in total.